The van der Waals surface area contributed by atoms with Crippen LogP contribution in [0.25, 0.3) is 10.9 Å². The highest BCUT2D eigenvalue weighted by atomic mass is 16.6. The number of hydrogen-bond acceptors (Lipinski definition) is 8. The van der Waals surface area contributed by atoms with Gasteiger partial charge in [0.25, 0.3) is 5.56 Å². The maximum atomic E-state index is 13.4. The Kier molecular flexibility index (Phi) is 8.96. The second kappa shape index (κ2) is 12.7. The number of benzene rings is 2. The third-order valence-electron chi connectivity index (χ3n) is 7.90. The number of piperidine rings is 1. The van der Waals surface area contributed by atoms with E-state index in [1.54, 1.807) is 4.57 Å². The van der Waals surface area contributed by atoms with Crippen LogP contribution in [-0.2, 0) is 22.6 Å². The fourth-order valence-electron chi connectivity index (χ4n) is 5.74. The van der Waals surface area contributed by atoms with Gasteiger partial charge >= 0.3 is 12.1 Å². The van der Waals surface area contributed by atoms with Gasteiger partial charge in [-0.3, -0.25) is 4.79 Å². The summed E-state index contributed by atoms with van der Waals surface area (Å²) < 4.78 is 23.9. The van der Waals surface area contributed by atoms with Crippen molar-refractivity contribution in [2.24, 2.45) is 0 Å². The van der Waals surface area contributed by atoms with Crippen LogP contribution in [0.2, 0.25) is 0 Å². The van der Waals surface area contributed by atoms with Gasteiger partial charge in [0.1, 0.15) is 18.8 Å². The Morgan fingerprint density at radius 3 is 2.40 bits per heavy atom. The lowest BCUT2D eigenvalue weighted by atomic mass is 10.0. The summed E-state index contributed by atoms with van der Waals surface area (Å²) in [5.41, 5.74) is 2.11. The van der Waals surface area contributed by atoms with Gasteiger partial charge < -0.3 is 33.3 Å². The van der Waals surface area contributed by atoms with Crippen LogP contribution < -0.4 is 15.0 Å². The Bertz CT molecular complexity index is 1550. The first kappa shape index (κ1) is 30.4. The van der Waals surface area contributed by atoms with Crippen molar-refractivity contribution in [3.63, 3.8) is 0 Å². The molecule has 0 N–H and O–H groups in total. The molecule has 1 amide bonds. The van der Waals surface area contributed by atoms with Crippen molar-refractivity contribution in [1.82, 2.24) is 14.4 Å². The van der Waals surface area contributed by atoms with Crippen molar-refractivity contribution < 1.29 is 28.5 Å². The monoisotopic (exact) mass is 591 g/mol. The van der Waals surface area contributed by atoms with Gasteiger partial charge in [-0.2, -0.15) is 0 Å². The molecule has 3 heterocycles. The van der Waals surface area contributed by atoms with E-state index in [0.29, 0.717) is 49.7 Å². The summed E-state index contributed by atoms with van der Waals surface area (Å²) in [7, 11) is 1.32. The van der Waals surface area contributed by atoms with E-state index in [-0.39, 0.29) is 23.3 Å². The van der Waals surface area contributed by atoms with Gasteiger partial charge in [-0.25, -0.2) is 9.59 Å². The van der Waals surface area contributed by atoms with Gasteiger partial charge in [-0.1, -0.05) is 18.2 Å². The van der Waals surface area contributed by atoms with E-state index in [0.717, 1.165) is 42.6 Å². The van der Waals surface area contributed by atoms with Crippen LogP contribution in [0, 0.1) is 6.92 Å². The minimum Gasteiger partial charge on any atom is -0.486 e. The van der Waals surface area contributed by atoms with Crippen molar-refractivity contribution in [2.45, 2.75) is 65.3 Å². The Morgan fingerprint density at radius 2 is 1.70 bits per heavy atom. The summed E-state index contributed by atoms with van der Waals surface area (Å²) in [6.45, 7) is 11.7. The second-order valence-electron chi connectivity index (χ2n) is 12.2. The maximum Gasteiger partial charge on any atom is 0.410 e. The molecular formula is C33H41N3O7. The molecule has 2 aliphatic rings. The highest BCUT2D eigenvalue weighted by molar-refractivity contribution is 6.03. The Balaban J connectivity index is 1.28. The molecule has 0 spiro atoms. The van der Waals surface area contributed by atoms with Gasteiger partial charge in [-0.15, -0.1) is 0 Å². The summed E-state index contributed by atoms with van der Waals surface area (Å²) in [6.07, 6.45) is 1.22. The van der Waals surface area contributed by atoms with Gasteiger partial charge in [0.15, 0.2) is 11.5 Å². The molecule has 1 fully saturated rings. The van der Waals surface area contributed by atoms with E-state index in [9.17, 15) is 14.4 Å². The Morgan fingerprint density at radius 1 is 0.977 bits per heavy atom. The van der Waals surface area contributed by atoms with Crippen molar-refractivity contribution in [3.8, 4) is 11.5 Å². The minimum absolute atomic E-state index is 0.00448. The number of nitrogens with zero attached hydrogens (tertiary/aromatic N) is 3. The van der Waals surface area contributed by atoms with Crippen molar-refractivity contribution in [3.05, 3.63) is 69.5 Å². The predicted octanol–water partition coefficient (Wildman–Crippen LogP) is 4.77. The normalized spacial score (nSPS) is 15.7. The van der Waals surface area contributed by atoms with Crippen LogP contribution in [0.5, 0.6) is 11.5 Å². The number of hydrogen-bond donors (Lipinski definition) is 0. The number of methoxy groups -OCH3 is 1. The largest absolute Gasteiger partial charge is 0.486 e. The molecule has 0 atom stereocenters. The summed E-state index contributed by atoms with van der Waals surface area (Å²) in [4.78, 5) is 43.0. The number of pyridine rings is 1. The molecule has 10 heteroatoms. The average Bonchev–Trinajstić information content (AvgIpc) is 2.98. The molecule has 0 saturated carbocycles. The zero-order chi connectivity index (χ0) is 30.7. The van der Waals surface area contributed by atoms with Crippen LogP contribution >= 0.6 is 0 Å². The van der Waals surface area contributed by atoms with E-state index in [4.69, 9.17) is 18.9 Å². The lowest BCUT2D eigenvalue weighted by molar-refractivity contribution is 0.00561. The summed E-state index contributed by atoms with van der Waals surface area (Å²) >= 11 is 0. The first-order valence-electron chi connectivity index (χ1n) is 14.9. The standard InChI is InChI=1S/C33H41N3O7/c1-22-6-8-25-26(31(38)40-5)20-30(37)35(27(25)18-22)15-14-34-12-10-24(11-13-34)36(32(39)43-33(2,3)4)21-23-7-9-28-29(19-23)42-17-16-41-28/h6-9,18-20,24H,10-17,21H2,1-5H3. The minimum atomic E-state index is -0.610. The lowest BCUT2D eigenvalue weighted by Gasteiger charge is -2.39. The molecule has 0 radical (unpaired) electrons. The fourth-order valence-corrected chi connectivity index (χ4v) is 5.74. The maximum absolute atomic E-state index is 13.4. The first-order chi connectivity index (χ1) is 20.5. The average molecular weight is 592 g/mol. The SMILES string of the molecule is COC(=O)c1cc(=O)n(CCN2CCC(N(Cc3ccc4c(c3)OCCO4)C(=O)OC(C)(C)C)CC2)c2cc(C)ccc12. The number of likely N-dealkylation sites (tertiary alicyclic amines) is 1. The molecule has 2 aliphatic heterocycles. The highest BCUT2D eigenvalue weighted by Gasteiger charge is 2.32. The van der Waals surface area contributed by atoms with Crippen LogP contribution in [-0.4, -0.2) is 78.0 Å². The zero-order valence-electron chi connectivity index (χ0n) is 25.7. The van der Waals surface area contributed by atoms with Gasteiger partial charge in [0.2, 0.25) is 0 Å². The molecule has 43 heavy (non-hydrogen) atoms. The number of ether oxygens (including phenoxy) is 4. The van der Waals surface area contributed by atoms with E-state index in [1.165, 1.54) is 13.2 Å². The number of carbonyl (C=O) groups is 2. The van der Waals surface area contributed by atoms with Crippen molar-refractivity contribution >= 4 is 23.0 Å². The smallest absolute Gasteiger partial charge is 0.410 e. The predicted molar refractivity (Wildman–Crippen MR) is 163 cm³/mol. The topological polar surface area (TPSA) is 99.5 Å². The molecular weight excluding hydrogens is 550 g/mol. The molecule has 0 unspecified atom stereocenters. The first-order valence-corrected chi connectivity index (χ1v) is 14.9. The lowest BCUT2D eigenvalue weighted by Crippen LogP contribution is -2.49. The molecule has 3 aromatic rings. The highest BCUT2D eigenvalue weighted by Crippen LogP contribution is 2.32. The molecule has 1 saturated heterocycles. The van der Waals surface area contributed by atoms with Crippen molar-refractivity contribution in [2.75, 3.05) is 40.0 Å². The quantitative estimate of drug-likeness (QED) is 0.363. The van der Waals surface area contributed by atoms with E-state index in [2.05, 4.69) is 4.90 Å². The number of aryl methyl sites for hydroxylation is 1. The fraction of sp³-hybridized carbons (Fsp3) is 0.485. The summed E-state index contributed by atoms with van der Waals surface area (Å²) in [5, 5.41) is 0.697. The Labute approximate surface area is 252 Å². The summed E-state index contributed by atoms with van der Waals surface area (Å²) in [6, 6.07) is 12.9. The number of amides is 1. The number of aromatic nitrogens is 1. The molecule has 230 valence electrons. The second-order valence-corrected chi connectivity index (χ2v) is 12.2. The van der Waals surface area contributed by atoms with Crippen LogP contribution in [0.1, 0.15) is 55.1 Å². The molecule has 0 bridgehead atoms. The molecule has 2 aromatic carbocycles. The van der Waals surface area contributed by atoms with Crippen molar-refractivity contribution in [1.29, 1.82) is 0 Å². The van der Waals surface area contributed by atoms with E-state index in [1.807, 2.05) is 69.0 Å². The number of esters is 1. The van der Waals surface area contributed by atoms with Crippen LogP contribution in [0.3, 0.4) is 0 Å². The number of rotatable bonds is 7. The summed E-state index contributed by atoms with van der Waals surface area (Å²) in [5.74, 6) is 0.889. The Hall–Kier alpha value is -4.05. The zero-order valence-corrected chi connectivity index (χ0v) is 25.7. The number of carbonyl (C=O) groups excluding carboxylic acids is 2. The molecule has 0 aliphatic carbocycles. The van der Waals surface area contributed by atoms with E-state index >= 15 is 0 Å². The van der Waals surface area contributed by atoms with Gasteiger partial charge in [0, 0.05) is 50.2 Å². The van der Waals surface area contributed by atoms with Gasteiger partial charge in [0.05, 0.1) is 18.2 Å². The third kappa shape index (κ3) is 7.13. The molecule has 10 nitrogen and oxygen atoms in total. The third-order valence-corrected chi connectivity index (χ3v) is 7.90. The van der Waals surface area contributed by atoms with Crippen LogP contribution in [0.15, 0.2) is 47.3 Å². The molecule has 1 aromatic heterocycles. The van der Waals surface area contributed by atoms with E-state index < -0.39 is 11.6 Å². The molecule has 5 rings (SSSR count). The van der Waals surface area contributed by atoms with Gasteiger partial charge in [-0.05, 0) is 69.9 Å². The van der Waals surface area contributed by atoms with Crippen LogP contribution in [0.4, 0.5) is 4.79 Å². The number of fused-ring (bicyclic) bond motifs is 2.